The molecule has 0 amide bonds. The third-order valence-corrected chi connectivity index (χ3v) is 5.91. The van der Waals surface area contributed by atoms with E-state index in [4.69, 9.17) is 19.1 Å². The second kappa shape index (κ2) is 10.1. The number of aliphatic hydroxyl groups is 1. The third-order valence-electron chi connectivity index (χ3n) is 5.57. The number of aromatic nitrogens is 4. The molecule has 0 saturated carbocycles. The van der Waals surface area contributed by atoms with Gasteiger partial charge in [0.15, 0.2) is 5.82 Å². The van der Waals surface area contributed by atoms with E-state index in [9.17, 15) is 27.9 Å². The van der Waals surface area contributed by atoms with Crippen molar-refractivity contribution in [3.05, 3.63) is 109 Å². The summed E-state index contributed by atoms with van der Waals surface area (Å²) >= 11 is 6.26. The average molecular weight is 549 g/mol. The Morgan fingerprint density at radius 1 is 1.08 bits per heavy atom. The highest BCUT2D eigenvalue weighted by molar-refractivity contribution is 6.31. The second-order valence-electron chi connectivity index (χ2n) is 8.89. The molecule has 0 spiro atoms. The van der Waals surface area contributed by atoms with Crippen molar-refractivity contribution in [3.8, 4) is 17.3 Å². The summed E-state index contributed by atoms with van der Waals surface area (Å²) in [5.41, 5.74) is -3.90. The van der Waals surface area contributed by atoms with Gasteiger partial charge < -0.3 is 9.84 Å². The van der Waals surface area contributed by atoms with Gasteiger partial charge in [0.1, 0.15) is 40.5 Å². The number of halogens is 4. The Morgan fingerprint density at radius 2 is 1.79 bits per heavy atom. The molecule has 198 valence electrons. The van der Waals surface area contributed by atoms with Crippen LogP contribution in [-0.2, 0) is 12.2 Å². The SMILES string of the molecule is [2H]C([2H])(Oc1cc(C)n(-c2cc(-n3ccc(F)c(C(C)(C)O)c3=O)ncc2C)c(=O)c1Cl)c1ncc(F)cc1F. The van der Waals surface area contributed by atoms with E-state index in [2.05, 4.69) is 9.97 Å². The lowest BCUT2D eigenvalue weighted by Gasteiger charge is -2.20. The number of aryl methyl sites for hydroxylation is 2. The van der Waals surface area contributed by atoms with Crippen molar-refractivity contribution in [2.45, 2.75) is 39.9 Å². The summed E-state index contributed by atoms with van der Waals surface area (Å²) in [6, 6.07) is 4.06. The first-order valence-electron chi connectivity index (χ1n) is 12.1. The van der Waals surface area contributed by atoms with E-state index in [0.717, 1.165) is 21.4 Å². The molecule has 0 aliphatic carbocycles. The highest BCUT2D eigenvalue weighted by atomic mass is 35.5. The van der Waals surface area contributed by atoms with Crippen molar-refractivity contribution >= 4 is 11.6 Å². The summed E-state index contributed by atoms with van der Waals surface area (Å²) in [4.78, 5) is 34.0. The van der Waals surface area contributed by atoms with Gasteiger partial charge in [-0.05, 0) is 39.3 Å². The first-order chi connectivity index (χ1) is 18.5. The summed E-state index contributed by atoms with van der Waals surface area (Å²) in [5, 5.41) is 9.74. The molecule has 1 N–H and O–H groups in total. The molecule has 0 saturated heterocycles. The monoisotopic (exact) mass is 548 g/mol. The maximum Gasteiger partial charge on any atom is 0.277 e. The zero-order valence-corrected chi connectivity index (χ0v) is 21.3. The minimum absolute atomic E-state index is 0.00745. The number of hydrogen-bond donors (Lipinski definition) is 1. The van der Waals surface area contributed by atoms with Crippen molar-refractivity contribution in [3.63, 3.8) is 0 Å². The summed E-state index contributed by atoms with van der Waals surface area (Å²) in [6.45, 7) is 2.74. The van der Waals surface area contributed by atoms with Gasteiger partial charge in [0.05, 0.1) is 25.8 Å². The average Bonchev–Trinajstić information content (AvgIpc) is 2.82. The molecular weight excluding hydrogens is 525 g/mol. The van der Waals surface area contributed by atoms with E-state index in [0.29, 0.717) is 17.8 Å². The molecule has 0 bridgehead atoms. The lowest BCUT2D eigenvalue weighted by molar-refractivity contribution is 0.0725. The highest BCUT2D eigenvalue weighted by Crippen LogP contribution is 2.26. The highest BCUT2D eigenvalue weighted by Gasteiger charge is 2.26. The summed E-state index contributed by atoms with van der Waals surface area (Å²) in [5.74, 6) is -3.62. The normalized spacial score (nSPS) is 12.8. The van der Waals surface area contributed by atoms with Gasteiger partial charge in [-0.3, -0.25) is 23.7 Å². The quantitative estimate of drug-likeness (QED) is 0.386. The minimum atomic E-state index is -2.92. The Balaban J connectivity index is 1.82. The van der Waals surface area contributed by atoms with E-state index in [-0.39, 0.29) is 17.2 Å². The van der Waals surface area contributed by atoms with Crippen LogP contribution in [0.1, 0.15) is 39.1 Å². The minimum Gasteiger partial charge on any atom is -0.485 e. The van der Waals surface area contributed by atoms with Crippen LogP contribution in [0.15, 0.2) is 52.4 Å². The van der Waals surface area contributed by atoms with E-state index < -0.39 is 62.8 Å². The first-order valence-corrected chi connectivity index (χ1v) is 11.4. The molecule has 0 atom stereocenters. The van der Waals surface area contributed by atoms with Crippen LogP contribution < -0.4 is 15.9 Å². The Morgan fingerprint density at radius 3 is 2.45 bits per heavy atom. The third kappa shape index (κ3) is 5.07. The Bertz CT molecular complexity index is 1770. The fraction of sp³-hybridized carbons (Fsp3) is 0.231. The Kier molecular flexibility index (Phi) is 6.46. The van der Waals surface area contributed by atoms with Crippen LogP contribution in [-0.4, -0.2) is 24.2 Å². The number of nitrogens with zero attached hydrogens (tertiary/aromatic N) is 4. The number of rotatable bonds is 6. The number of pyridine rings is 4. The smallest absolute Gasteiger partial charge is 0.277 e. The molecule has 4 aromatic rings. The van der Waals surface area contributed by atoms with Gasteiger partial charge in [0.2, 0.25) is 0 Å². The predicted molar refractivity (Wildman–Crippen MR) is 134 cm³/mol. The molecule has 4 heterocycles. The lowest BCUT2D eigenvalue weighted by Crippen LogP contribution is -2.33. The van der Waals surface area contributed by atoms with Crippen molar-refractivity contribution in [2.75, 3.05) is 0 Å². The van der Waals surface area contributed by atoms with Crippen molar-refractivity contribution in [1.82, 2.24) is 19.1 Å². The largest absolute Gasteiger partial charge is 0.485 e. The van der Waals surface area contributed by atoms with Crippen LogP contribution in [0.5, 0.6) is 5.75 Å². The zero-order valence-electron chi connectivity index (χ0n) is 22.5. The predicted octanol–water partition coefficient (Wildman–Crippen LogP) is 4.27. The van der Waals surface area contributed by atoms with Gasteiger partial charge in [-0.15, -0.1) is 0 Å². The van der Waals surface area contributed by atoms with Gasteiger partial charge in [-0.25, -0.2) is 18.2 Å². The van der Waals surface area contributed by atoms with Gasteiger partial charge in [0, 0.05) is 36.3 Å². The molecule has 38 heavy (non-hydrogen) atoms. The fourth-order valence-electron chi connectivity index (χ4n) is 3.77. The van der Waals surface area contributed by atoms with Gasteiger partial charge in [-0.2, -0.15) is 0 Å². The van der Waals surface area contributed by atoms with Crippen LogP contribution in [0.3, 0.4) is 0 Å². The molecule has 0 aliphatic heterocycles. The van der Waals surface area contributed by atoms with Crippen LogP contribution in [0.25, 0.3) is 11.5 Å². The van der Waals surface area contributed by atoms with Crippen LogP contribution >= 0.6 is 11.6 Å². The zero-order chi connectivity index (χ0) is 29.7. The maximum absolute atomic E-state index is 14.4. The number of hydrogen-bond acceptors (Lipinski definition) is 6. The first kappa shape index (κ1) is 24.4. The summed E-state index contributed by atoms with van der Waals surface area (Å²) in [7, 11) is 0. The maximum atomic E-state index is 14.4. The van der Waals surface area contributed by atoms with Crippen LogP contribution in [0.4, 0.5) is 13.2 Å². The second-order valence-corrected chi connectivity index (χ2v) is 9.27. The molecule has 12 heteroatoms. The lowest BCUT2D eigenvalue weighted by atomic mass is 9.99. The molecule has 0 radical (unpaired) electrons. The van der Waals surface area contributed by atoms with Crippen molar-refractivity contribution in [1.29, 1.82) is 0 Å². The summed E-state index contributed by atoms with van der Waals surface area (Å²) in [6.07, 6.45) is 3.12. The van der Waals surface area contributed by atoms with E-state index in [1.807, 2.05) is 0 Å². The van der Waals surface area contributed by atoms with E-state index in [1.165, 1.54) is 39.1 Å². The Labute approximate surface area is 222 Å². The summed E-state index contributed by atoms with van der Waals surface area (Å²) < 4.78 is 65.4. The van der Waals surface area contributed by atoms with Crippen LogP contribution in [0, 0.1) is 31.3 Å². The molecular formula is C26H22ClF3N4O4. The molecule has 0 unspecified atom stereocenters. The topological polar surface area (TPSA) is 99.2 Å². The van der Waals surface area contributed by atoms with Gasteiger partial charge >= 0.3 is 0 Å². The van der Waals surface area contributed by atoms with E-state index in [1.54, 1.807) is 6.92 Å². The van der Waals surface area contributed by atoms with Crippen LogP contribution in [0.2, 0.25) is 5.02 Å². The van der Waals surface area contributed by atoms with Gasteiger partial charge in [0.25, 0.3) is 11.1 Å². The Hall–Kier alpha value is -3.96. The number of ether oxygens (including phenoxy) is 1. The molecule has 4 rings (SSSR count). The molecule has 0 aromatic carbocycles. The molecule has 8 nitrogen and oxygen atoms in total. The molecule has 4 aromatic heterocycles. The van der Waals surface area contributed by atoms with Gasteiger partial charge in [-0.1, -0.05) is 11.6 Å². The standard InChI is InChI=1S/C26H22ClF3N4O4/c1-13-10-32-21(33-6-5-16(29)22(24(33)35)26(3,4)37)9-19(13)34-14(2)7-20(23(27)25(34)36)38-12-18-17(30)8-15(28)11-31-18/h5-11,37H,12H2,1-4H3/i12D2. The molecule has 0 aliphatic rings. The molecule has 0 fully saturated rings. The van der Waals surface area contributed by atoms with E-state index >= 15 is 0 Å². The van der Waals surface area contributed by atoms with Crippen molar-refractivity contribution in [2.24, 2.45) is 0 Å². The fourth-order valence-corrected chi connectivity index (χ4v) is 3.95. The van der Waals surface area contributed by atoms with Crippen molar-refractivity contribution < 1.29 is 25.8 Å².